The molecular weight excluding hydrogens is 306 g/mol. The Labute approximate surface area is 135 Å². The Hall–Kier alpha value is -1.30. The van der Waals surface area contributed by atoms with Crippen LogP contribution in [0.25, 0.3) is 0 Å². The molecule has 0 saturated carbocycles. The van der Waals surface area contributed by atoms with E-state index in [9.17, 15) is 4.79 Å². The van der Waals surface area contributed by atoms with Gasteiger partial charge in [-0.15, -0.1) is 23.7 Å². The van der Waals surface area contributed by atoms with Gasteiger partial charge in [0, 0.05) is 23.7 Å². The van der Waals surface area contributed by atoms with Gasteiger partial charge in [0.25, 0.3) is 5.91 Å². The summed E-state index contributed by atoms with van der Waals surface area (Å²) in [5.74, 6) is 0.0280. The first-order valence-electron chi connectivity index (χ1n) is 7.02. The smallest absolute Gasteiger partial charge is 0.268 e. The van der Waals surface area contributed by atoms with Crippen LogP contribution in [0.1, 0.15) is 28.2 Å². The average molecular weight is 326 g/mol. The van der Waals surface area contributed by atoms with Gasteiger partial charge in [-0.3, -0.25) is 4.79 Å². The van der Waals surface area contributed by atoms with Crippen molar-refractivity contribution in [2.45, 2.75) is 25.4 Å². The SMILES string of the molecule is Cl.O=C(N[C@H]1CCCNC1)c1cccn1Cc1cccs1. The molecule has 6 heteroatoms. The van der Waals surface area contributed by atoms with Gasteiger partial charge in [0.15, 0.2) is 0 Å². The second-order valence-corrected chi connectivity index (χ2v) is 6.15. The van der Waals surface area contributed by atoms with Crippen molar-refractivity contribution in [1.82, 2.24) is 15.2 Å². The fourth-order valence-electron chi connectivity index (χ4n) is 2.56. The first-order chi connectivity index (χ1) is 9.83. The highest BCUT2D eigenvalue weighted by atomic mass is 35.5. The number of piperidine rings is 1. The molecule has 0 bridgehead atoms. The van der Waals surface area contributed by atoms with Gasteiger partial charge in [-0.25, -0.2) is 0 Å². The summed E-state index contributed by atoms with van der Waals surface area (Å²) in [6.07, 6.45) is 4.15. The van der Waals surface area contributed by atoms with Crippen LogP contribution >= 0.6 is 23.7 Å². The van der Waals surface area contributed by atoms with Gasteiger partial charge in [0.2, 0.25) is 0 Å². The highest BCUT2D eigenvalue weighted by Crippen LogP contribution is 2.13. The summed E-state index contributed by atoms with van der Waals surface area (Å²) in [5, 5.41) is 8.50. The van der Waals surface area contributed by atoms with E-state index in [1.807, 2.05) is 29.0 Å². The van der Waals surface area contributed by atoms with Crippen molar-refractivity contribution >= 4 is 29.7 Å². The Kier molecular flexibility index (Phi) is 5.85. The number of carbonyl (C=O) groups is 1. The molecule has 0 radical (unpaired) electrons. The van der Waals surface area contributed by atoms with Crippen LogP contribution in [-0.2, 0) is 6.54 Å². The third-order valence-electron chi connectivity index (χ3n) is 3.60. The number of nitrogens with one attached hydrogen (secondary N) is 2. The lowest BCUT2D eigenvalue weighted by molar-refractivity contribution is 0.0922. The van der Waals surface area contributed by atoms with E-state index in [4.69, 9.17) is 0 Å². The maximum Gasteiger partial charge on any atom is 0.268 e. The molecule has 1 saturated heterocycles. The second kappa shape index (κ2) is 7.64. The molecule has 1 aliphatic rings. The van der Waals surface area contributed by atoms with Crippen molar-refractivity contribution in [3.63, 3.8) is 0 Å². The van der Waals surface area contributed by atoms with Gasteiger partial charge < -0.3 is 15.2 Å². The Bertz CT molecular complexity index is 561. The number of halogens is 1. The van der Waals surface area contributed by atoms with Crippen molar-refractivity contribution in [3.05, 3.63) is 46.4 Å². The number of nitrogens with zero attached hydrogens (tertiary/aromatic N) is 1. The van der Waals surface area contributed by atoms with E-state index < -0.39 is 0 Å². The van der Waals surface area contributed by atoms with Gasteiger partial charge >= 0.3 is 0 Å². The number of rotatable bonds is 4. The van der Waals surface area contributed by atoms with E-state index >= 15 is 0 Å². The standard InChI is InChI=1S/C15H19N3OS.ClH/c19-15(17-12-4-1-7-16-10-12)14-6-2-8-18(14)11-13-5-3-9-20-13;/h2-3,5-6,8-9,12,16H,1,4,7,10-11H2,(H,17,19);1H/t12-;/m0./s1. The van der Waals surface area contributed by atoms with E-state index in [-0.39, 0.29) is 24.4 Å². The molecule has 3 rings (SSSR count). The largest absolute Gasteiger partial charge is 0.347 e. The van der Waals surface area contributed by atoms with E-state index in [0.29, 0.717) is 0 Å². The zero-order valence-corrected chi connectivity index (χ0v) is 13.4. The highest BCUT2D eigenvalue weighted by molar-refractivity contribution is 7.09. The minimum Gasteiger partial charge on any atom is -0.347 e. The molecule has 2 aromatic rings. The summed E-state index contributed by atoms with van der Waals surface area (Å²) in [6, 6.07) is 8.20. The van der Waals surface area contributed by atoms with E-state index in [1.54, 1.807) is 11.3 Å². The van der Waals surface area contributed by atoms with Crippen LogP contribution in [0.3, 0.4) is 0 Å². The van der Waals surface area contributed by atoms with Crippen LogP contribution in [0.4, 0.5) is 0 Å². The molecule has 0 aromatic carbocycles. The third-order valence-corrected chi connectivity index (χ3v) is 4.46. The second-order valence-electron chi connectivity index (χ2n) is 5.12. The first kappa shape index (κ1) is 16.1. The zero-order valence-electron chi connectivity index (χ0n) is 11.7. The fourth-order valence-corrected chi connectivity index (χ4v) is 3.27. The molecule has 4 nitrogen and oxygen atoms in total. The fraction of sp³-hybridized carbons (Fsp3) is 0.400. The summed E-state index contributed by atoms with van der Waals surface area (Å²) >= 11 is 1.71. The Morgan fingerprint density at radius 3 is 3.05 bits per heavy atom. The monoisotopic (exact) mass is 325 g/mol. The average Bonchev–Trinajstić information content (AvgIpc) is 3.12. The van der Waals surface area contributed by atoms with Crippen molar-refractivity contribution < 1.29 is 4.79 Å². The lowest BCUT2D eigenvalue weighted by atomic mass is 10.1. The predicted octanol–water partition coefficient (Wildman–Crippen LogP) is 2.50. The minimum absolute atomic E-state index is 0. The molecule has 1 aliphatic heterocycles. The molecular formula is C15H20ClN3OS. The number of hydrogen-bond acceptors (Lipinski definition) is 3. The van der Waals surface area contributed by atoms with Gasteiger partial charge in [-0.2, -0.15) is 0 Å². The summed E-state index contributed by atoms with van der Waals surface area (Å²) in [4.78, 5) is 13.6. The van der Waals surface area contributed by atoms with Gasteiger partial charge in [-0.05, 0) is 43.0 Å². The summed E-state index contributed by atoms with van der Waals surface area (Å²) < 4.78 is 2.01. The Morgan fingerprint density at radius 1 is 1.43 bits per heavy atom. The molecule has 2 N–H and O–H groups in total. The molecule has 114 valence electrons. The third kappa shape index (κ3) is 4.09. The molecule has 1 atom stereocenters. The number of amides is 1. The normalized spacial score (nSPS) is 18.0. The molecule has 0 spiro atoms. The van der Waals surface area contributed by atoms with Crippen LogP contribution in [0.2, 0.25) is 0 Å². The van der Waals surface area contributed by atoms with E-state index in [1.165, 1.54) is 4.88 Å². The Balaban J connectivity index is 0.00000161. The molecule has 1 fully saturated rings. The lowest BCUT2D eigenvalue weighted by Crippen LogP contribution is -2.46. The van der Waals surface area contributed by atoms with E-state index in [2.05, 4.69) is 22.1 Å². The topological polar surface area (TPSA) is 46.1 Å². The lowest BCUT2D eigenvalue weighted by Gasteiger charge is -2.24. The molecule has 0 aliphatic carbocycles. The zero-order chi connectivity index (χ0) is 13.8. The van der Waals surface area contributed by atoms with Crippen LogP contribution < -0.4 is 10.6 Å². The quantitative estimate of drug-likeness (QED) is 0.907. The summed E-state index contributed by atoms with van der Waals surface area (Å²) in [5.41, 5.74) is 0.740. The van der Waals surface area contributed by atoms with Crippen molar-refractivity contribution in [3.8, 4) is 0 Å². The van der Waals surface area contributed by atoms with Crippen LogP contribution in [0, 0.1) is 0 Å². The molecule has 3 heterocycles. The minimum atomic E-state index is 0. The van der Waals surface area contributed by atoms with Crippen molar-refractivity contribution in [1.29, 1.82) is 0 Å². The molecule has 0 unspecified atom stereocenters. The van der Waals surface area contributed by atoms with Gasteiger partial charge in [0.05, 0.1) is 6.54 Å². The molecule has 1 amide bonds. The van der Waals surface area contributed by atoms with Gasteiger partial charge in [-0.1, -0.05) is 6.07 Å². The van der Waals surface area contributed by atoms with Gasteiger partial charge in [0.1, 0.15) is 5.69 Å². The molecule has 21 heavy (non-hydrogen) atoms. The van der Waals surface area contributed by atoms with Crippen LogP contribution in [0.15, 0.2) is 35.8 Å². The maximum absolute atomic E-state index is 12.4. The van der Waals surface area contributed by atoms with Crippen LogP contribution in [-0.4, -0.2) is 29.6 Å². The highest BCUT2D eigenvalue weighted by Gasteiger charge is 2.18. The predicted molar refractivity (Wildman–Crippen MR) is 88.5 cm³/mol. The summed E-state index contributed by atoms with van der Waals surface area (Å²) in [6.45, 7) is 2.69. The van der Waals surface area contributed by atoms with Crippen molar-refractivity contribution in [2.75, 3.05) is 13.1 Å². The maximum atomic E-state index is 12.4. The Morgan fingerprint density at radius 2 is 2.33 bits per heavy atom. The summed E-state index contributed by atoms with van der Waals surface area (Å²) in [7, 11) is 0. The number of hydrogen-bond donors (Lipinski definition) is 2. The van der Waals surface area contributed by atoms with E-state index in [0.717, 1.165) is 38.2 Å². The first-order valence-corrected chi connectivity index (χ1v) is 7.90. The molecule has 2 aromatic heterocycles. The number of aromatic nitrogens is 1. The van der Waals surface area contributed by atoms with Crippen LogP contribution in [0.5, 0.6) is 0 Å². The van der Waals surface area contributed by atoms with Crippen molar-refractivity contribution in [2.24, 2.45) is 0 Å². The number of carbonyl (C=O) groups excluding carboxylic acids is 1. The number of thiophene rings is 1.